The summed E-state index contributed by atoms with van der Waals surface area (Å²) in [6.07, 6.45) is 25.0. The van der Waals surface area contributed by atoms with E-state index in [4.69, 9.17) is 9.98 Å². The SMILES string of the molecule is CCCC=CCCc1ccccc1N=C(CC)C(CCCCCC)=Nc1ccccc1CCC=CCCC.[Ni]. The molecule has 216 valence electrons. The quantitative estimate of drug-likeness (QED) is 0.0694. The van der Waals surface area contributed by atoms with E-state index in [1.165, 1.54) is 43.2 Å². The molecule has 0 saturated heterocycles. The van der Waals surface area contributed by atoms with Gasteiger partial charge in [0.15, 0.2) is 0 Å². The molecule has 2 rings (SSSR count). The number of hydrogen-bond donors (Lipinski definition) is 0. The first-order valence-corrected chi connectivity index (χ1v) is 15.3. The topological polar surface area (TPSA) is 24.7 Å². The molecule has 2 nitrogen and oxygen atoms in total. The molecule has 2 aromatic carbocycles. The van der Waals surface area contributed by atoms with Gasteiger partial charge < -0.3 is 0 Å². The van der Waals surface area contributed by atoms with Crippen molar-refractivity contribution in [3.8, 4) is 0 Å². The molecule has 39 heavy (non-hydrogen) atoms. The molecule has 0 spiro atoms. The molecular formula is C36H52N2Ni. The third kappa shape index (κ3) is 14.1. The predicted molar refractivity (Wildman–Crippen MR) is 171 cm³/mol. The van der Waals surface area contributed by atoms with Gasteiger partial charge in [-0.1, -0.05) is 121 Å². The van der Waals surface area contributed by atoms with Crippen molar-refractivity contribution in [3.05, 3.63) is 84.0 Å². The van der Waals surface area contributed by atoms with Gasteiger partial charge in [0.05, 0.1) is 22.8 Å². The van der Waals surface area contributed by atoms with Crippen molar-refractivity contribution >= 4 is 22.8 Å². The van der Waals surface area contributed by atoms with Gasteiger partial charge >= 0.3 is 0 Å². The molecule has 0 aliphatic heterocycles. The number of benzene rings is 2. The summed E-state index contributed by atoms with van der Waals surface area (Å²) < 4.78 is 0. The summed E-state index contributed by atoms with van der Waals surface area (Å²) >= 11 is 0. The molecule has 0 fully saturated rings. The average Bonchev–Trinajstić information content (AvgIpc) is 2.94. The first kappa shape index (κ1) is 34.8. The summed E-state index contributed by atoms with van der Waals surface area (Å²) in [7, 11) is 0. The largest absolute Gasteiger partial charge is 0.251 e. The minimum absolute atomic E-state index is 0. The molecule has 0 unspecified atom stereocenters. The van der Waals surface area contributed by atoms with Gasteiger partial charge in [-0.3, -0.25) is 9.98 Å². The summed E-state index contributed by atoms with van der Waals surface area (Å²) in [6, 6.07) is 17.3. The monoisotopic (exact) mass is 570 g/mol. The molecule has 0 aliphatic carbocycles. The summed E-state index contributed by atoms with van der Waals surface area (Å²) in [5.41, 5.74) is 7.16. The fourth-order valence-electron chi connectivity index (χ4n) is 4.57. The van der Waals surface area contributed by atoms with Crippen LogP contribution in [0.1, 0.15) is 116 Å². The van der Waals surface area contributed by atoms with Gasteiger partial charge in [0.1, 0.15) is 0 Å². The van der Waals surface area contributed by atoms with Crippen molar-refractivity contribution in [2.75, 3.05) is 0 Å². The van der Waals surface area contributed by atoms with Crippen LogP contribution in [-0.4, -0.2) is 11.4 Å². The maximum Gasteiger partial charge on any atom is 0.0665 e. The van der Waals surface area contributed by atoms with Crippen LogP contribution in [0.3, 0.4) is 0 Å². The van der Waals surface area contributed by atoms with Crippen LogP contribution in [-0.2, 0) is 29.3 Å². The number of nitrogens with zero attached hydrogens (tertiary/aromatic N) is 2. The van der Waals surface area contributed by atoms with Gasteiger partial charge in [-0.25, -0.2) is 0 Å². The van der Waals surface area contributed by atoms with Crippen molar-refractivity contribution in [1.82, 2.24) is 0 Å². The maximum atomic E-state index is 5.31. The molecule has 0 aromatic heterocycles. The number of rotatable bonds is 19. The van der Waals surface area contributed by atoms with E-state index in [0.717, 1.165) is 80.6 Å². The Morgan fingerprint density at radius 3 is 1.54 bits per heavy atom. The van der Waals surface area contributed by atoms with E-state index in [1.54, 1.807) is 0 Å². The van der Waals surface area contributed by atoms with Crippen molar-refractivity contribution in [3.63, 3.8) is 0 Å². The Morgan fingerprint density at radius 1 is 0.564 bits per heavy atom. The number of unbranched alkanes of at least 4 members (excludes halogenated alkanes) is 5. The van der Waals surface area contributed by atoms with Crippen LogP contribution >= 0.6 is 0 Å². The number of para-hydroxylation sites is 2. The van der Waals surface area contributed by atoms with Gasteiger partial charge in [-0.15, -0.1) is 0 Å². The van der Waals surface area contributed by atoms with Crippen molar-refractivity contribution in [1.29, 1.82) is 0 Å². The second-order valence-corrected chi connectivity index (χ2v) is 10.1. The maximum absolute atomic E-state index is 5.31. The third-order valence-electron chi connectivity index (χ3n) is 6.83. The van der Waals surface area contributed by atoms with E-state index >= 15 is 0 Å². The Bertz CT molecular complexity index is 1030. The molecule has 0 amide bonds. The molecule has 0 aliphatic rings. The summed E-state index contributed by atoms with van der Waals surface area (Å²) in [4.78, 5) is 10.6. The van der Waals surface area contributed by atoms with E-state index in [0.29, 0.717) is 0 Å². The molecule has 2 aromatic rings. The van der Waals surface area contributed by atoms with E-state index in [-0.39, 0.29) is 16.5 Å². The molecule has 3 heteroatoms. The fraction of sp³-hybridized carbons (Fsp3) is 0.500. The normalized spacial score (nSPS) is 12.4. The molecule has 0 saturated carbocycles. The van der Waals surface area contributed by atoms with Gasteiger partial charge in [0.25, 0.3) is 0 Å². The van der Waals surface area contributed by atoms with Crippen LogP contribution in [0.25, 0.3) is 0 Å². The van der Waals surface area contributed by atoms with Crippen LogP contribution in [0.15, 0.2) is 82.8 Å². The van der Waals surface area contributed by atoms with Crippen molar-refractivity contribution < 1.29 is 16.5 Å². The van der Waals surface area contributed by atoms with Gasteiger partial charge in [-0.2, -0.15) is 0 Å². The van der Waals surface area contributed by atoms with Crippen molar-refractivity contribution in [2.45, 2.75) is 118 Å². The third-order valence-corrected chi connectivity index (χ3v) is 6.83. The molecule has 0 atom stereocenters. The minimum Gasteiger partial charge on any atom is -0.251 e. The Kier molecular flexibility index (Phi) is 20.1. The van der Waals surface area contributed by atoms with Gasteiger partial charge in [0.2, 0.25) is 0 Å². The zero-order valence-electron chi connectivity index (χ0n) is 25.0. The van der Waals surface area contributed by atoms with Gasteiger partial charge in [-0.05, 0) is 81.0 Å². The Morgan fingerprint density at radius 2 is 1.05 bits per heavy atom. The first-order valence-electron chi connectivity index (χ1n) is 15.3. The summed E-state index contributed by atoms with van der Waals surface area (Å²) in [5.74, 6) is 0. The van der Waals surface area contributed by atoms with E-state index in [1.807, 2.05) is 0 Å². The van der Waals surface area contributed by atoms with Crippen molar-refractivity contribution in [2.24, 2.45) is 9.98 Å². The van der Waals surface area contributed by atoms with Crippen LogP contribution in [0.2, 0.25) is 0 Å². The molecule has 0 N–H and O–H groups in total. The van der Waals surface area contributed by atoms with E-state index < -0.39 is 0 Å². The second kappa shape index (κ2) is 22.6. The smallest absolute Gasteiger partial charge is 0.0665 e. The Labute approximate surface area is 250 Å². The van der Waals surface area contributed by atoms with E-state index in [9.17, 15) is 0 Å². The number of allylic oxidation sites excluding steroid dienone is 4. The first-order chi connectivity index (χ1) is 18.7. The average molecular weight is 572 g/mol. The van der Waals surface area contributed by atoms with Crippen LogP contribution in [0, 0.1) is 0 Å². The Hall–Kier alpha value is -2.25. The Balaban J connectivity index is 0.00000760. The minimum atomic E-state index is 0. The molecular weight excluding hydrogens is 519 g/mol. The number of aryl methyl sites for hydroxylation is 2. The van der Waals surface area contributed by atoms with Gasteiger partial charge in [0, 0.05) is 16.5 Å². The summed E-state index contributed by atoms with van der Waals surface area (Å²) in [5, 5.41) is 0. The molecule has 0 bridgehead atoms. The number of hydrogen-bond acceptors (Lipinski definition) is 2. The second-order valence-electron chi connectivity index (χ2n) is 10.1. The zero-order chi connectivity index (χ0) is 27.3. The summed E-state index contributed by atoms with van der Waals surface area (Å²) in [6.45, 7) is 8.95. The predicted octanol–water partition coefficient (Wildman–Crippen LogP) is 11.5. The fourth-order valence-corrected chi connectivity index (χ4v) is 4.57. The van der Waals surface area contributed by atoms with Crippen LogP contribution in [0.5, 0.6) is 0 Å². The zero-order valence-corrected chi connectivity index (χ0v) is 26.0. The van der Waals surface area contributed by atoms with E-state index in [2.05, 4.69) is 101 Å². The number of aliphatic imine (C=N–C) groups is 2. The molecule has 0 radical (unpaired) electrons. The standard InChI is InChI=1S/C36H52N2.Ni/c1-5-9-12-15-17-24-31-26-20-22-28-34(31)37-33(8-4)36(30-19-14-11-7-3)38-35-29-23-21-27-32(35)25-18-16-13-10-6-2;/h12-13,15-16,20-23,26-29H,5-11,14,17-19,24-25,30H2,1-4H3;. The van der Waals surface area contributed by atoms with Crippen LogP contribution in [0.4, 0.5) is 11.4 Å². The molecule has 0 heterocycles. The van der Waals surface area contributed by atoms with Crippen LogP contribution < -0.4 is 0 Å².